The first-order valence-corrected chi connectivity index (χ1v) is 6.95. The minimum atomic E-state index is -0.418. The van der Waals surface area contributed by atoms with Gasteiger partial charge in [0.25, 0.3) is 0 Å². The highest BCUT2D eigenvalue weighted by molar-refractivity contribution is 5.92. The number of amides is 1. The number of carbonyl (C=O) groups is 1. The Hall–Kier alpha value is -2.17. The molecule has 3 N–H and O–H groups in total. The Morgan fingerprint density at radius 2 is 1.52 bits per heavy atom. The molecule has 0 heterocycles. The van der Waals surface area contributed by atoms with Crippen LogP contribution in [0, 0.1) is 0 Å². The first-order valence-electron chi connectivity index (χ1n) is 6.95. The second kappa shape index (κ2) is 7.57. The van der Waals surface area contributed by atoms with Crippen LogP contribution in [0.1, 0.15) is 21.5 Å². The van der Waals surface area contributed by atoms with E-state index in [1.54, 1.807) is 12.1 Å². The van der Waals surface area contributed by atoms with Crippen LogP contribution in [-0.2, 0) is 13.1 Å². The van der Waals surface area contributed by atoms with Crippen LogP contribution in [0.25, 0.3) is 0 Å². The summed E-state index contributed by atoms with van der Waals surface area (Å²) in [5.41, 5.74) is 8.04. The van der Waals surface area contributed by atoms with Gasteiger partial charge in [-0.25, -0.2) is 0 Å². The summed E-state index contributed by atoms with van der Waals surface area (Å²) in [7, 11) is 0. The fraction of sp³-hybridized carbons (Fsp3) is 0.235. The predicted octanol–water partition coefficient (Wildman–Crippen LogP) is 1.78. The molecule has 0 radical (unpaired) electrons. The van der Waals surface area contributed by atoms with Crippen LogP contribution >= 0.6 is 0 Å². The normalized spacial score (nSPS) is 10.8. The second-order valence-electron chi connectivity index (χ2n) is 4.98. The quantitative estimate of drug-likeness (QED) is 0.814. The van der Waals surface area contributed by atoms with Crippen LogP contribution in [0.15, 0.2) is 54.6 Å². The van der Waals surface area contributed by atoms with E-state index in [-0.39, 0.29) is 6.61 Å². The maximum absolute atomic E-state index is 11.1. The number of primary amides is 1. The molecule has 0 aliphatic rings. The molecule has 2 aromatic carbocycles. The molecule has 1 amide bonds. The number of nitrogens with zero attached hydrogens (tertiary/aromatic N) is 1. The molecule has 0 saturated carbocycles. The summed E-state index contributed by atoms with van der Waals surface area (Å²) in [4.78, 5) is 13.2. The summed E-state index contributed by atoms with van der Waals surface area (Å²) >= 11 is 0. The van der Waals surface area contributed by atoms with Crippen molar-refractivity contribution >= 4 is 5.91 Å². The highest BCUT2D eigenvalue weighted by Crippen LogP contribution is 2.11. The van der Waals surface area contributed by atoms with E-state index in [9.17, 15) is 9.90 Å². The molecule has 0 unspecified atom stereocenters. The number of hydrogen-bond acceptors (Lipinski definition) is 3. The van der Waals surface area contributed by atoms with Gasteiger partial charge in [-0.15, -0.1) is 0 Å². The number of carbonyl (C=O) groups excluding carboxylic acids is 1. The molecule has 0 aromatic heterocycles. The van der Waals surface area contributed by atoms with Crippen molar-refractivity contribution in [2.45, 2.75) is 13.1 Å². The highest BCUT2D eigenvalue weighted by Gasteiger charge is 2.07. The number of hydrogen-bond donors (Lipinski definition) is 2. The summed E-state index contributed by atoms with van der Waals surface area (Å²) in [5, 5.41) is 9.21. The zero-order valence-corrected chi connectivity index (χ0v) is 11.9. The van der Waals surface area contributed by atoms with Gasteiger partial charge in [0.2, 0.25) is 5.91 Å². The molecule has 0 spiro atoms. The fourth-order valence-corrected chi connectivity index (χ4v) is 2.23. The monoisotopic (exact) mass is 284 g/mol. The van der Waals surface area contributed by atoms with Crippen molar-refractivity contribution in [1.82, 2.24) is 4.90 Å². The van der Waals surface area contributed by atoms with Gasteiger partial charge in [-0.1, -0.05) is 42.5 Å². The molecular formula is C17H20N2O2. The Morgan fingerprint density at radius 3 is 2.05 bits per heavy atom. The SMILES string of the molecule is NC(=O)c1ccc(CN(CCO)Cc2ccccc2)cc1. The van der Waals surface area contributed by atoms with Gasteiger partial charge in [-0.05, 0) is 23.3 Å². The molecule has 4 nitrogen and oxygen atoms in total. The van der Waals surface area contributed by atoms with Gasteiger partial charge >= 0.3 is 0 Å². The molecule has 0 atom stereocenters. The molecule has 4 heteroatoms. The third-order valence-corrected chi connectivity index (χ3v) is 3.31. The van der Waals surface area contributed by atoms with Crippen LogP contribution in [-0.4, -0.2) is 29.1 Å². The molecule has 0 bridgehead atoms. The summed E-state index contributed by atoms with van der Waals surface area (Å²) in [6, 6.07) is 17.4. The number of benzene rings is 2. The van der Waals surface area contributed by atoms with Crippen molar-refractivity contribution in [2.24, 2.45) is 5.73 Å². The molecule has 0 aliphatic carbocycles. The van der Waals surface area contributed by atoms with Crippen molar-refractivity contribution in [1.29, 1.82) is 0 Å². The molecule has 2 aromatic rings. The molecule has 110 valence electrons. The lowest BCUT2D eigenvalue weighted by Crippen LogP contribution is -2.26. The van der Waals surface area contributed by atoms with E-state index in [0.29, 0.717) is 18.7 Å². The van der Waals surface area contributed by atoms with Crippen LogP contribution in [0.5, 0.6) is 0 Å². The zero-order chi connectivity index (χ0) is 15.1. The van der Waals surface area contributed by atoms with Crippen LogP contribution in [0.4, 0.5) is 0 Å². The van der Waals surface area contributed by atoms with Crippen LogP contribution < -0.4 is 5.73 Å². The Morgan fingerprint density at radius 1 is 0.952 bits per heavy atom. The van der Waals surface area contributed by atoms with Crippen LogP contribution in [0.2, 0.25) is 0 Å². The number of aliphatic hydroxyl groups excluding tert-OH is 1. The number of aliphatic hydroxyl groups is 1. The lowest BCUT2D eigenvalue weighted by molar-refractivity contribution is 0.100. The van der Waals surface area contributed by atoms with Crippen molar-refractivity contribution in [2.75, 3.05) is 13.2 Å². The van der Waals surface area contributed by atoms with Crippen molar-refractivity contribution in [3.8, 4) is 0 Å². The van der Waals surface area contributed by atoms with Gasteiger partial charge in [0.15, 0.2) is 0 Å². The van der Waals surface area contributed by atoms with Crippen LogP contribution in [0.3, 0.4) is 0 Å². The Bertz CT molecular complexity index is 567. The first-order chi connectivity index (χ1) is 10.2. The Balaban J connectivity index is 2.03. The lowest BCUT2D eigenvalue weighted by Gasteiger charge is -2.21. The average Bonchev–Trinajstić information content (AvgIpc) is 2.49. The summed E-state index contributed by atoms with van der Waals surface area (Å²) in [6.45, 7) is 2.21. The van der Waals surface area contributed by atoms with E-state index in [0.717, 1.165) is 12.1 Å². The van der Waals surface area contributed by atoms with Crippen molar-refractivity contribution < 1.29 is 9.90 Å². The highest BCUT2D eigenvalue weighted by atomic mass is 16.3. The molecule has 2 rings (SSSR count). The smallest absolute Gasteiger partial charge is 0.248 e. The third-order valence-electron chi connectivity index (χ3n) is 3.31. The Labute approximate surface area is 124 Å². The molecule has 0 aliphatic heterocycles. The minimum Gasteiger partial charge on any atom is -0.395 e. The van der Waals surface area contributed by atoms with E-state index >= 15 is 0 Å². The van der Waals surface area contributed by atoms with Gasteiger partial charge in [0.1, 0.15) is 0 Å². The first kappa shape index (κ1) is 15.2. The van der Waals surface area contributed by atoms with E-state index < -0.39 is 5.91 Å². The minimum absolute atomic E-state index is 0.117. The lowest BCUT2D eigenvalue weighted by atomic mass is 10.1. The van der Waals surface area contributed by atoms with Gasteiger partial charge < -0.3 is 10.8 Å². The molecule has 0 saturated heterocycles. The maximum atomic E-state index is 11.1. The second-order valence-corrected chi connectivity index (χ2v) is 4.98. The standard InChI is InChI=1S/C17H20N2O2/c18-17(21)16-8-6-15(7-9-16)13-19(10-11-20)12-14-4-2-1-3-5-14/h1-9,20H,10-13H2,(H2,18,21). The third kappa shape index (κ3) is 4.70. The topological polar surface area (TPSA) is 66.6 Å². The maximum Gasteiger partial charge on any atom is 0.248 e. The van der Waals surface area contributed by atoms with Gasteiger partial charge in [0.05, 0.1) is 6.61 Å². The number of nitrogens with two attached hydrogens (primary N) is 1. The van der Waals surface area contributed by atoms with Crippen molar-refractivity contribution in [3.63, 3.8) is 0 Å². The van der Waals surface area contributed by atoms with E-state index in [4.69, 9.17) is 5.73 Å². The van der Waals surface area contributed by atoms with Gasteiger partial charge in [-0.2, -0.15) is 0 Å². The van der Waals surface area contributed by atoms with E-state index in [2.05, 4.69) is 17.0 Å². The van der Waals surface area contributed by atoms with Crippen molar-refractivity contribution in [3.05, 3.63) is 71.3 Å². The summed E-state index contributed by atoms with van der Waals surface area (Å²) in [5.74, 6) is -0.418. The Kier molecular flexibility index (Phi) is 5.49. The average molecular weight is 284 g/mol. The fourth-order valence-electron chi connectivity index (χ4n) is 2.23. The van der Waals surface area contributed by atoms with Gasteiger partial charge in [0, 0.05) is 25.2 Å². The zero-order valence-electron chi connectivity index (χ0n) is 11.9. The summed E-state index contributed by atoms with van der Waals surface area (Å²) in [6.07, 6.45) is 0. The number of rotatable bonds is 7. The molecule has 21 heavy (non-hydrogen) atoms. The van der Waals surface area contributed by atoms with Gasteiger partial charge in [-0.3, -0.25) is 9.69 Å². The summed E-state index contributed by atoms with van der Waals surface area (Å²) < 4.78 is 0. The molecule has 0 fully saturated rings. The van der Waals surface area contributed by atoms with E-state index in [1.807, 2.05) is 30.3 Å². The molecular weight excluding hydrogens is 264 g/mol. The predicted molar refractivity (Wildman–Crippen MR) is 82.6 cm³/mol. The largest absolute Gasteiger partial charge is 0.395 e. The van der Waals surface area contributed by atoms with E-state index in [1.165, 1.54) is 5.56 Å².